The van der Waals surface area contributed by atoms with Gasteiger partial charge in [-0.1, -0.05) is 59.7 Å². The minimum absolute atomic E-state index is 0.381. The molecule has 0 unspecified atom stereocenters. The molecule has 0 aliphatic carbocycles. The third-order valence-corrected chi connectivity index (χ3v) is 3.31. The molecule has 2 rings (SSSR count). The molecule has 0 saturated heterocycles. The molecule has 1 N–H and O–H groups in total. The van der Waals surface area contributed by atoms with E-state index in [1.165, 1.54) is 22.3 Å². The van der Waals surface area contributed by atoms with Crippen LogP contribution < -0.4 is 5.32 Å². The van der Waals surface area contributed by atoms with E-state index in [0.717, 1.165) is 6.54 Å². The fourth-order valence-electron chi connectivity index (χ4n) is 1.95. The summed E-state index contributed by atoms with van der Waals surface area (Å²) >= 11 is 0. The second-order valence-corrected chi connectivity index (χ2v) is 5.00. The summed E-state index contributed by atoms with van der Waals surface area (Å²) in [7, 11) is 0. The molecule has 2 aromatic carbocycles. The SMILES string of the molecule is Cc1ccc(CN[C@H](C)c2ccc(C)cc2)cc1. The van der Waals surface area contributed by atoms with Crippen molar-refractivity contribution < 1.29 is 0 Å². The second-order valence-electron chi connectivity index (χ2n) is 5.00. The molecule has 1 atom stereocenters. The van der Waals surface area contributed by atoms with Crippen LogP contribution in [0.25, 0.3) is 0 Å². The maximum Gasteiger partial charge on any atom is 0.0294 e. The molecule has 0 fully saturated rings. The second kappa shape index (κ2) is 5.83. The van der Waals surface area contributed by atoms with E-state index in [-0.39, 0.29) is 0 Å². The van der Waals surface area contributed by atoms with Gasteiger partial charge in [-0.2, -0.15) is 0 Å². The fraction of sp³-hybridized carbons (Fsp3) is 0.294. The first kappa shape index (κ1) is 12.8. The minimum atomic E-state index is 0.381. The van der Waals surface area contributed by atoms with Gasteiger partial charge in [0, 0.05) is 12.6 Å². The van der Waals surface area contributed by atoms with Crippen LogP contribution in [-0.2, 0) is 6.54 Å². The first-order valence-electron chi connectivity index (χ1n) is 6.50. The van der Waals surface area contributed by atoms with Crippen LogP contribution in [0.1, 0.15) is 35.2 Å². The molecule has 0 aliphatic rings. The van der Waals surface area contributed by atoms with Crippen molar-refractivity contribution in [1.82, 2.24) is 5.32 Å². The molecule has 1 nitrogen and oxygen atoms in total. The third-order valence-electron chi connectivity index (χ3n) is 3.31. The number of nitrogens with one attached hydrogen (secondary N) is 1. The van der Waals surface area contributed by atoms with E-state index in [9.17, 15) is 0 Å². The van der Waals surface area contributed by atoms with Gasteiger partial charge in [-0.05, 0) is 31.9 Å². The fourth-order valence-corrected chi connectivity index (χ4v) is 1.95. The Labute approximate surface area is 110 Å². The number of aryl methyl sites for hydroxylation is 2. The molecular formula is C17H21N. The Hall–Kier alpha value is -1.60. The molecule has 0 bridgehead atoms. The van der Waals surface area contributed by atoms with E-state index >= 15 is 0 Å². The first-order valence-corrected chi connectivity index (χ1v) is 6.50. The zero-order valence-electron chi connectivity index (χ0n) is 11.4. The van der Waals surface area contributed by atoms with E-state index in [4.69, 9.17) is 0 Å². The summed E-state index contributed by atoms with van der Waals surface area (Å²) in [5.41, 5.74) is 5.29. The number of hydrogen-bond acceptors (Lipinski definition) is 1. The molecule has 1 heteroatoms. The Morgan fingerprint density at radius 2 is 1.33 bits per heavy atom. The van der Waals surface area contributed by atoms with Gasteiger partial charge in [0.15, 0.2) is 0 Å². The number of hydrogen-bond donors (Lipinski definition) is 1. The van der Waals surface area contributed by atoms with E-state index < -0.39 is 0 Å². The Morgan fingerprint density at radius 1 is 0.833 bits per heavy atom. The molecule has 18 heavy (non-hydrogen) atoms. The van der Waals surface area contributed by atoms with Gasteiger partial charge in [-0.3, -0.25) is 0 Å². The normalized spacial score (nSPS) is 12.4. The molecule has 94 valence electrons. The Balaban J connectivity index is 1.93. The van der Waals surface area contributed by atoms with Gasteiger partial charge in [0.1, 0.15) is 0 Å². The van der Waals surface area contributed by atoms with Crippen molar-refractivity contribution >= 4 is 0 Å². The lowest BCUT2D eigenvalue weighted by Crippen LogP contribution is -2.17. The summed E-state index contributed by atoms with van der Waals surface area (Å²) in [5.74, 6) is 0. The molecule has 0 aromatic heterocycles. The third kappa shape index (κ3) is 3.44. The van der Waals surface area contributed by atoms with Crippen LogP contribution in [0.5, 0.6) is 0 Å². The van der Waals surface area contributed by atoms with E-state index in [2.05, 4.69) is 74.6 Å². The molecular weight excluding hydrogens is 218 g/mol. The maximum absolute atomic E-state index is 3.55. The van der Waals surface area contributed by atoms with Crippen LogP contribution in [0.4, 0.5) is 0 Å². The van der Waals surface area contributed by atoms with Crippen molar-refractivity contribution in [2.24, 2.45) is 0 Å². The highest BCUT2D eigenvalue weighted by molar-refractivity contribution is 5.24. The van der Waals surface area contributed by atoms with Crippen molar-refractivity contribution in [3.8, 4) is 0 Å². The highest BCUT2D eigenvalue weighted by atomic mass is 14.9. The van der Waals surface area contributed by atoms with E-state index in [1.54, 1.807) is 0 Å². The monoisotopic (exact) mass is 239 g/mol. The van der Waals surface area contributed by atoms with Gasteiger partial charge < -0.3 is 5.32 Å². The standard InChI is InChI=1S/C17H21N/c1-13-4-8-16(9-5-13)12-18-15(3)17-10-6-14(2)7-11-17/h4-11,15,18H,12H2,1-3H3/t15-/m1/s1. The lowest BCUT2D eigenvalue weighted by atomic mass is 10.1. The summed E-state index contributed by atoms with van der Waals surface area (Å²) < 4.78 is 0. The molecule has 2 aromatic rings. The van der Waals surface area contributed by atoms with Crippen LogP contribution >= 0.6 is 0 Å². The summed E-state index contributed by atoms with van der Waals surface area (Å²) in [4.78, 5) is 0. The molecule has 0 saturated carbocycles. The Morgan fingerprint density at radius 3 is 1.89 bits per heavy atom. The van der Waals surface area contributed by atoms with Crippen molar-refractivity contribution in [1.29, 1.82) is 0 Å². The van der Waals surface area contributed by atoms with Gasteiger partial charge in [-0.25, -0.2) is 0 Å². The summed E-state index contributed by atoms with van der Waals surface area (Å²) in [5, 5.41) is 3.55. The molecule has 0 aliphatic heterocycles. The highest BCUT2D eigenvalue weighted by Crippen LogP contribution is 2.14. The average molecular weight is 239 g/mol. The van der Waals surface area contributed by atoms with Crippen LogP contribution in [-0.4, -0.2) is 0 Å². The smallest absolute Gasteiger partial charge is 0.0294 e. The van der Waals surface area contributed by atoms with Crippen molar-refractivity contribution in [3.05, 3.63) is 70.8 Å². The van der Waals surface area contributed by atoms with Gasteiger partial charge in [0.2, 0.25) is 0 Å². The van der Waals surface area contributed by atoms with Gasteiger partial charge in [-0.15, -0.1) is 0 Å². The van der Waals surface area contributed by atoms with Crippen LogP contribution in [0, 0.1) is 13.8 Å². The van der Waals surface area contributed by atoms with Gasteiger partial charge in [0.05, 0.1) is 0 Å². The summed E-state index contributed by atoms with van der Waals surface area (Å²) in [6.45, 7) is 7.36. The zero-order chi connectivity index (χ0) is 13.0. The maximum atomic E-state index is 3.55. The van der Waals surface area contributed by atoms with Crippen LogP contribution in [0.3, 0.4) is 0 Å². The predicted molar refractivity (Wildman–Crippen MR) is 77.6 cm³/mol. The average Bonchev–Trinajstić information content (AvgIpc) is 2.38. The largest absolute Gasteiger partial charge is 0.306 e. The highest BCUT2D eigenvalue weighted by Gasteiger charge is 2.04. The van der Waals surface area contributed by atoms with Crippen LogP contribution in [0.2, 0.25) is 0 Å². The molecule has 0 heterocycles. The van der Waals surface area contributed by atoms with E-state index in [0.29, 0.717) is 6.04 Å². The lowest BCUT2D eigenvalue weighted by Gasteiger charge is -2.14. The minimum Gasteiger partial charge on any atom is -0.306 e. The topological polar surface area (TPSA) is 12.0 Å². The molecule has 0 spiro atoms. The van der Waals surface area contributed by atoms with Gasteiger partial charge >= 0.3 is 0 Å². The number of benzene rings is 2. The first-order chi connectivity index (χ1) is 8.65. The summed E-state index contributed by atoms with van der Waals surface area (Å²) in [6.07, 6.45) is 0. The molecule has 0 amide bonds. The lowest BCUT2D eigenvalue weighted by molar-refractivity contribution is 0.574. The Bertz CT molecular complexity index is 482. The summed E-state index contributed by atoms with van der Waals surface area (Å²) in [6, 6.07) is 17.8. The quantitative estimate of drug-likeness (QED) is 0.845. The number of rotatable bonds is 4. The van der Waals surface area contributed by atoms with Gasteiger partial charge in [0.25, 0.3) is 0 Å². The Kier molecular flexibility index (Phi) is 4.16. The van der Waals surface area contributed by atoms with Crippen molar-refractivity contribution in [3.63, 3.8) is 0 Å². The van der Waals surface area contributed by atoms with E-state index in [1.807, 2.05) is 0 Å². The van der Waals surface area contributed by atoms with Crippen molar-refractivity contribution in [2.75, 3.05) is 0 Å². The van der Waals surface area contributed by atoms with Crippen molar-refractivity contribution in [2.45, 2.75) is 33.4 Å². The molecule has 0 radical (unpaired) electrons. The predicted octanol–water partition coefficient (Wildman–Crippen LogP) is 4.15. The zero-order valence-corrected chi connectivity index (χ0v) is 11.4. The van der Waals surface area contributed by atoms with Crippen LogP contribution in [0.15, 0.2) is 48.5 Å².